The molecular formula is C8H4BrClFN3O2. The molecule has 0 radical (unpaired) electrons. The molecule has 1 rings (SSSR count). The molecule has 0 saturated heterocycles. The number of pyridine rings is 1. The van der Waals surface area contributed by atoms with Gasteiger partial charge in [0.1, 0.15) is 10.7 Å². The lowest BCUT2D eigenvalue weighted by atomic mass is 10.3. The Morgan fingerprint density at radius 2 is 2.38 bits per heavy atom. The van der Waals surface area contributed by atoms with Crippen LogP contribution in [0, 0.1) is 17.1 Å². The number of esters is 1. The molecule has 0 fully saturated rings. The third-order valence-corrected chi connectivity index (χ3v) is 2.44. The Kier molecular flexibility index (Phi) is 4.04. The van der Waals surface area contributed by atoms with Crippen LogP contribution in [0.25, 0.3) is 0 Å². The van der Waals surface area contributed by atoms with E-state index >= 15 is 0 Å². The molecule has 1 aromatic heterocycles. The molecule has 8 heteroatoms. The van der Waals surface area contributed by atoms with Gasteiger partial charge in [-0.3, -0.25) is 0 Å². The van der Waals surface area contributed by atoms with Crippen molar-refractivity contribution in [2.24, 2.45) is 0 Å². The third kappa shape index (κ3) is 2.40. The average molecular weight is 308 g/mol. The van der Waals surface area contributed by atoms with Crippen molar-refractivity contribution in [3.05, 3.63) is 21.1 Å². The lowest BCUT2D eigenvalue weighted by molar-refractivity contribution is 0.0548. The minimum absolute atomic E-state index is 0.252. The topological polar surface area (TPSA) is 89.0 Å². The molecule has 0 bridgehead atoms. The maximum Gasteiger partial charge on any atom is 0.359 e. The second-order valence-corrected chi connectivity index (χ2v) is 3.66. The molecule has 1 aromatic rings. The van der Waals surface area contributed by atoms with Gasteiger partial charge in [-0.25, -0.2) is 14.2 Å². The smallest absolute Gasteiger partial charge is 0.359 e. The number of nitrogen functional groups attached to an aromatic ring is 1. The summed E-state index contributed by atoms with van der Waals surface area (Å²) in [6.45, 7) is -0.453. The Morgan fingerprint density at radius 1 is 1.75 bits per heavy atom. The van der Waals surface area contributed by atoms with Crippen LogP contribution in [0.5, 0.6) is 0 Å². The van der Waals surface area contributed by atoms with Crippen LogP contribution >= 0.6 is 27.5 Å². The second-order valence-electron chi connectivity index (χ2n) is 2.53. The van der Waals surface area contributed by atoms with Crippen LogP contribution in [-0.4, -0.2) is 17.6 Å². The van der Waals surface area contributed by atoms with Crippen molar-refractivity contribution in [3.63, 3.8) is 0 Å². The van der Waals surface area contributed by atoms with Crippen LogP contribution < -0.4 is 5.73 Å². The van der Waals surface area contributed by atoms with Crippen LogP contribution in [-0.2, 0) is 4.74 Å². The van der Waals surface area contributed by atoms with E-state index in [1.54, 1.807) is 6.07 Å². The number of hydrogen-bond acceptors (Lipinski definition) is 5. The van der Waals surface area contributed by atoms with Gasteiger partial charge in [0.2, 0.25) is 0 Å². The van der Waals surface area contributed by atoms with Crippen molar-refractivity contribution in [2.75, 3.05) is 12.3 Å². The highest BCUT2D eigenvalue weighted by atomic mass is 79.9. The SMILES string of the molecule is N#CCOC(=O)c1nc(Br)c(F)c(N)c1Cl. The average Bonchev–Trinajstić information content (AvgIpc) is 2.28. The van der Waals surface area contributed by atoms with Gasteiger partial charge in [-0.2, -0.15) is 5.26 Å². The zero-order chi connectivity index (χ0) is 12.3. The zero-order valence-corrected chi connectivity index (χ0v) is 9.97. The summed E-state index contributed by atoms with van der Waals surface area (Å²) in [5.41, 5.74) is 4.55. The molecule has 0 aliphatic carbocycles. The van der Waals surface area contributed by atoms with Crippen molar-refractivity contribution in [2.45, 2.75) is 0 Å². The van der Waals surface area contributed by atoms with Gasteiger partial charge in [-0.1, -0.05) is 11.6 Å². The van der Waals surface area contributed by atoms with Crippen LogP contribution in [0.15, 0.2) is 4.60 Å². The Balaban J connectivity index is 3.16. The third-order valence-electron chi connectivity index (χ3n) is 1.53. The van der Waals surface area contributed by atoms with Gasteiger partial charge in [0.25, 0.3) is 0 Å². The highest BCUT2D eigenvalue weighted by Gasteiger charge is 2.21. The van der Waals surface area contributed by atoms with Gasteiger partial charge < -0.3 is 10.5 Å². The van der Waals surface area contributed by atoms with E-state index in [1.807, 2.05) is 0 Å². The van der Waals surface area contributed by atoms with Crippen molar-refractivity contribution in [1.29, 1.82) is 5.26 Å². The van der Waals surface area contributed by atoms with Crippen LogP contribution in [0.1, 0.15) is 10.5 Å². The quantitative estimate of drug-likeness (QED) is 0.666. The van der Waals surface area contributed by atoms with Gasteiger partial charge in [-0.15, -0.1) is 0 Å². The number of halogens is 3. The first-order chi connectivity index (χ1) is 7.49. The Hall–Kier alpha value is -1.39. The summed E-state index contributed by atoms with van der Waals surface area (Å²) in [6, 6.07) is 1.60. The number of rotatable bonds is 2. The predicted molar refractivity (Wildman–Crippen MR) is 57.2 cm³/mol. The largest absolute Gasteiger partial charge is 0.446 e. The van der Waals surface area contributed by atoms with Crippen molar-refractivity contribution in [1.82, 2.24) is 4.98 Å². The summed E-state index contributed by atoms with van der Waals surface area (Å²) in [5, 5.41) is 7.87. The normalized spacial score (nSPS) is 9.62. The summed E-state index contributed by atoms with van der Waals surface area (Å²) >= 11 is 8.38. The second kappa shape index (κ2) is 5.09. The van der Waals surface area contributed by atoms with E-state index in [1.165, 1.54) is 0 Å². The fourth-order valence-corrected chi connectivity index (χ4v) is 1.43. The minimum atomic E-state index is -0.945. The van der Waals surface area contributed by atoms with Gasteiger partial charge in [0, 0.05) is 0 Å². The number of anilines is 1. The van der Waals surface area contributed by atoms with Gasteiger partial charge in [0.05, 0.1) is 10.7 Å². The fourth-order valence-electron chi connectivity index (χ4n) is 0.833. The lowest BCUT2D eigenvalue weighted by Gasteiger charge is -2.06. The van der Waals surface area contributed by atoms with Crippen molar-refractivity contribution in [3.8, 4) is 6.07 Å². The lowest BCUT2D eigenvalue weighted by Crippen LogP contribution is -2.11. The van der Waals surface area contributed by atoms with Crippen molar-refractivity contribution >= 4 is 39.2 Å². The van der Waals surface area contributed by atoms with E-state index < -0.39 is 24.1 Å². The summed E-state index contributed by atoms with van der Waals surface area (Å²) in [5.74, 6) is -1.80. The number of nitrogens with two attached hydrogens (primary N) is 1. The van der Waals surface area contributed by atoms with E-state index in [-0.39, 0.29) is 15.3 Å². The standard InChI is InChI=1S/C8H4BrClFN3O2/c9-7-4(11)5(13)3(10)6(14-7)8(15)16-2-1-12/h2H2,(H2,13,14). The Bertz CT molecular complexity index is 489. The number of hydrogen-bond donors (Lipinski definition) is 1. The van der Waals surface area contributed by atoms with Crippen molar-refractivity contribution < 1.29 is 13.9 Å². The van der Waals surface area contributed by atoms with E-state index in [4.69, 9.17) is 22.6 Å². The molecule has 0 aliphatic rings. The summed E-state index contributed by atoms with van der Waals surface area (Å²) in [6.07, 6.45) is 0. The number of carbonyl (C=O) groups is 1. The monoisotopic (exact) mass is 307 g/mol. The number of nitrogens with zero attached hydrogens (tertiary/aromatic N) is 2. The first-order valence-electron chi connectivity index (χ1n) is 3.83. The number of nitriles is 1. The van der Waals surface area contributed by atoms with Gasteiger partial charge in [0.15, 0.2) is 18.1 Å². The van der Waals surface area contributed by atoms with Crippen LogP contribution in [0.4, 0.5) is 10.1 Å². The minimum Gasteiger partial charge on any atom is -0.446 e. The summed E-state index contributed by atoms with van der Waals surface area (Å²) < 4.78 is 17.4. The van der Waals surface area contributed by atoms with Gasteiger partial charge in [-0.05, 0) is 15.9 Å². The molecule has 16 heavy (non-hydrogen) atoms. The highest BCUT2D eigenvalue weighted by Crippen LogP contribution is 2.29. The summed E-state index contributed by atoms with van der Waals surface area (Å²) in [7, 11) is 0. The first kappa shape index (κ1) is 12.7. The zero-order valence-electron chi connectivity index (χ0n) is 7.63. The van der Waals surface area contributed by atoms with Crippen LogP contribution in [0.2, 0.25) is 5.02 Å². The van der Waals surface area contributed by atoms with E-state index in [0.717, 1.165) is 0 Å². The maximum absolute atomic E-state index is 13.2. The number of ether oxygens (including phenoxy) is 1. The highest BCUT2D eigenvalue weighted by molar-refractivity contribution is 9.10. The molecule has 0 aromatic carbocycles. The molecule has 0 saturated carbocycles. The molecule has 5 nitrogen and oxygen atoms in total. The summed E-state index contributed by atoms with van der Waals surface area (Å²) in [4.78, 5) is 14.9. The first-order valence-corrected chi connectivity index (χ1v) is 5.00. The maximum atomic E-state index is 13.2. The van der Waals surface area contributed by atoms with Gasteiger partial charge >= 0.3 is 5.97 Å². The van der Waals surface area contributed by atoms with Crippen LogP contribution in [0.3, 0.4) is 0 Å². The Morgan fingerprint density at radius 3 is 2.94 bits per heavy atom. The molecule has 84 valence electrons. The molecule has 2 N–H and O–H groups in total. The molecule has 0 amide bonds. The molecule has 0 aliphatic heterocycles. The van der Waals surface area contributed by atoms with E-state index in [9.17, 15) is 9.18 Å². The molecule has 0 spiro atoms. The molecular weight excluding hydrogens is 304 g/mol. The molecule has 0 unspecified atom stereocenters. The van der Waals surface area contributed by atoms with E-state index in [2.05, 4.69) is 25.7 Å². The number of carbonyl (C=O) groups excluding carboxylic acids is 1. The predicted octanol–water partition coefficient (Wildman–Crippen LogP) is 1.90. The number of aromatic nitrogens is 1. The van der Waals surface area contributed by atoms with E-state index in [0.29, 0.717) is 0 Å². The molecule has 1 heterocycles. The Labute approximate surface area is 103 Å². The molecule has 0 atom stereocenters. The fraction of sp³-hybridized carbons (Fsp3) is 0.125.